The first kappa shape index (κ1) is 15.7. The van der Waals surface area contributed by atoms with E-state index in [-0.39, 0.29) is 17.4 Å². The van der Waals surface area contributed by atoms with Gasteiger partial charge >= 0.3 is 0 Å². The molecule has 1 unspecified atom stereocenters. The molecule has 1 heterocycles. The van der Waals surface area contributed by atoms with E-state index in [9.17, 15) is 4.79 Å². The van der Waals surface area contributed by atoms with Gasteiger partial charge in [-0.25, -0.2) is 4.98 Å². The van der Waals surface area contributed by atoms with Crippen molar-refractivity contribution in [2.75, 3.05) is 0 Å². The summed E-state index contributed by atoms with van der Waals surface area (Å²) in [5.41, 5.74) is 1.42. The number of pyridine rings is 1. The number of nitrogens with zero attached hydrogens (tertiary/aromatic N) is 1. The standard InChI is InChI=1S/C17H19BrN2O/c1-17(2,3)15(12-7-5-4-6-8-12)20-16(21)14-10-9-13(18)11-19-14/h4-11,15H,1-3H3,(H,20,21). The SMILES string of the molecule is CC(C)(C)C(NC(=O)c1ccc(Br)cn1)c1ccccc1. The van der Waals surface area contributed by atoms with E-state index < -0.39 is 0 Å². The van der Waals surface area contributed by atoms with Gasteiger partial charge in [0.1, 0.15) is 5.69 Å². The van der Waals surface area contributed by atoms with Gasteiger partial charge in [0.15, 0.2) is 0 Å². The van der Waals surface area contributed by atoms with Crippen LogP contribution in [0.5, 0.6) is 0 Å². The molecule has 1 aromatic carbocycles. The lowest BCUT2D eigenvalue weighted by Gasteiger charge is -2.31. The van der Waals surface area contributed by atoms with E-state index in [4.69, 9.17) is 0 Å². The molecule has 0 saturated carbocycles. The predicted octanol–water partition coefficient (Wildman–Crippen LogP) is 4.36. The molecule has 0 radical (unpaired) electrons. The van der Waals surface area contributed by atoms with Crippen molar-refractivity contribution in [3.05, 3.63) is 64.4 Å². The largest absolute Gasteiger partial charge is 0.343 e. The number of halogens is 1. The maximum atomic E-state index is 12.4. The lowest BCUT2D eigenvalue weighted by atomic mass is 9.82. The molecule has 0 aliphatic carbocycles. The molecule has 21 heavy (non-hydrogen) atoms. The molecule has 1 aromatic heterocycles. The van der Waals surface area contributed by atoms with Crippen LogP contribution in [0, 0.1) is 5.41 Å². The van der Waals surface area contributed by atoms with Crippen LogP contribution in [0.15, 0.2) is 53.1 Å². The van der Waals surface area contributed by atoms with Crippen molar-refractivity contribution < 1.29 is 4.79 Å². The molecule has 2 rings (SSSR count). The number of hydrogen-bond acceptors (Lipinski definition) is 2. The molecule has 1 amide bonds. The van der Waals surface area contributed by atoms with Crippen molar-refractivity contribution in [2.45, 2.75) is 26.8 Å². The third-order valence-electron chi connectivity index (χ3n) is 3.23. The molecule has 1 N–H and O–H groups in total. The van der Waals surface area contributed by atoms with Crippen molar-refractivity contribution in [3.8, 4) is 0 Å². The number of carbonyl (C=O) groups excluding carboxylic acids is 1. The van der Waals surface area contributed by atoms with Crippen molar-refractivity contribution in [1.82, 2.24) is 10.3 Å². The van der Waals surface area contributed by atoms with Gasteiger partial charge in [-0.2, -0.15) is 0 Å². The molecule has 0 spiro atoms. The van der Waals surface area contributed by atoms with E-state index >= 15 is 0 Å². The Balaban J connectivity index is 2.24. The summed E-state index contributed by atoms with van der Waals surface area (Å²) in [7, 11) is 0. The number of hydrogen-bond donors (Lipinski definition) is 1. The zero-order valence-corrected chi connectivity index (χ0v) is 14.0. The van der Waals surface area contributed by atoms with Gasteiger partial charge in [-0.05, 0) is 39.0 Å². The predicted molar refractivity (Wildman–Crippen MR) is 88.0 cm³/mol. The topological polar surface area (TPSA) is 42.0 Å². The summed E-state index contributed by atoms with van der Waals surface area (Å²) >= 11 is 3.32. The zero-order chi connectivity index (χ0) is 15.5. The van der Waals surface area contributed by atoms with Gasteiger partial charge in [0, 0.05) is 10.7 Å². The summed E-state index contributed by atoms with van der Waals surface area (Å²) in [5.74, 6) is -0.161. The van der Waals surface area contributed by atoms with Crippen LogP contribution >= 0.6 is 15.9 Å². The van der Waals surface area contributed by atoms with E-state index in [1.54, 1.807) is 12.3 Å². The fourth-order valence-electron chi connectivity index (χ4n) is 2.16. The fraction of sp³-hybridized carbons (Fsp3) is 0.294. The summed E-state index contributed by atoms with van der Waals surface area (Å²) < 4.78 is 0.856. The first-order chi connectivity index (χ1) is 9.88. The van der Waals surface area contributed by atoms with Crippen LogP contribution in [0.1, 0.15) is 42.9 Å². The monoisotopic (exact) mass is 346 g/mol. The smallest absolute Gasteiger partial charge is 0.270 e. The van der Waals surface area contributed by atoms with E-state index in [0.29, 0.717) is 5.69 Å². The van der Waals surface area contributed by atoms with E-state index in [0.717, 1.165) is 10.0 Å². The number of benzene rings is 1. The Hall–Kier alpha value is -1.68. The maximum Gasteiger partial charge on any atom is 0.270 e. The molecule has 4 heteroatoms. The average Bonchev–Trinajstić information content (AvgIpc) is 2.45. The Labute approximate surface area is 133 Å². The first-order valence-electron chi connectivity index (χ1n) is 6.85. The van der Waals surface area contributed by atoms with Gasteiger partial charge in [-0.3, -0.25) is 4.79 Å². The first-order valence-corrected chi connectivity index (χ1v) is 7.64. The molecular weight excluding hydrogens is 328 g/mol. The molecule has 0 saturated heterocycles. The van der Waals surface area contributed by atoms with Crippen LogP contribution in [0.3, 0.4) is 0 Å². The van der Waals surface area contributed by atoms with Crippen molar-refractivity contribution in [2.24, 2.45) is 5.41 Å². The lowest BCUT2D eigenvalue weighted by Crippen LogP contribution is -2.37. The Morgan fingerprint density at radius 2 is 1.81 bits per heavy atom. The van der Waals surface area contributed by atoms with Crippen molar-refractivity contribution in [1.29, 1.82) is 0 Å². The van der Waals surface area contributed by atoms with Gasteiger partial charge in [0.05, 0.1) is 6.04 Å². The molecule has 0 aliphatic rings. The van der Waals surface area contributed by atoms with Crippen LogP contribution in [0.4, 0.5) is 0 Å². The van der Waals surface area contributed by atoms with Gasteiger partial charge < -0.3 is 5.32 Å². The zero-order valence-electron chi connectivity index (χ0n) is 12.4. The molecule has 0 bridgehead atoms. The summed E-state index contributed by atoms with van der Waals surface area (Å²) in [6.45, 7) is 6.33. The van der Waals surface area contributed by atoms with E-state index in [2.05, 4.69) is 47.0 Å². The fourth-order valence-corrected chi connectivity index (χ4v) is 2.40. The van der Waals surface area contributed by atoms with Crippen LogP contribution in [0.25, 0.3) is 0 Å². The van der Waals surface area contributed by atoms with Crippen LogP contribution in [-0.4, -0.2) is 10.9 Å². The highest BCUT2D eigenvalue weighted by atomic mass is 79.9. The number of amides is 1. The molecule has 1 atom stereocenters. The highest BCUT2D eigenvalue weighted by molar-refractivity contribution is 9.10. The average molecular weight is 347 g/mol. The maximum absolute atomic E-state index is 12.4. The van der Waals surface area contributed by atoms with Crippen LogP contribution in [0.2, 0.25) is 0 Å². The van der Waals surface area contributed by atoms with Gasteiger partial charge in [0.2, 0.25) is 0 Å². The minimum Gasteiger partial charge on any atom is -0.343 e. The van der Waals surface area contributed by atoms with Crippen LogP contribution in [-0.2, 0) is 0 Å². The lowest BCUT2D eigenvalue weighted by molar-refractivity contribution is 0.0896. The molecular formula is C17H19BrN2O. The second kappa shape index (κ2) is 6.39. The van der Waals surface area contributed by atoms with E-state index in [1.165, 1.54) is 0 Å². The molecule has 110 valence electrons. The van der Waals surface area contributed by atoms with E-state index in [1.807, 2.05) is 36.4 Å². The summed E-state index contributed by atoms with van der Waals surface area (Å²) in [4.78, 5) is 16.5. The highest BCUT2D eigenvalue weighted by Gasteiger charge is 2.28. The second-order valence-corrected chi connectivity index (χ2v) is 6.96. The normalized spacial score (nSPS) is 12.8. The molecule has 3 nitrogen and oxygen atoms in total. The number of aromatic nitrogens is 1. The number of nitrogens with one attached hydrogen (secondary N) is 1. The molecule has 0 aliphatic heterocycles. The third kappa shape index (κ3) is 4.14. The van der Waals surface area contributed by atoms with Crippen molar-refractivity contribution in [3.63, 3.8) is 0 Å². The summed E-state index contributed by atoms with van der Waals surface area (Å²) in [5, 5.41) is 3.09. The highest BCUT2D eigenvalue weighted by Crippen LogP contribution is 2.32. The molecule has 0 fully saturated rings. The third-order valence-corrected chi connectivity index (χ3v) is 3.70. The summed E-state index contributed by atoms with van der Waals surface area (Å²) in [6, 6.07) is 13.5. The summed E-state index contributed by atoms with van der Waals surface area (Å²) in [6.07, 6.45) is 1.63. The Bertz CT molecular complexity index is 603. The van der Waals surface area contributed by atoms with Crippen LogP contribution < -0.4 is 5.32 Å². The molecule has 2 aromatic rings. The Kier molecular flexibility index (Phi) is 4.78. The van der Waals surface area contributed by atoms with Crippen molar-refractivity contribution >= 4 is 21.8 Å². The second-order valence-electron chi connectivity index (χ2n) is 6.04. The minimum absolute atomic E-state index is 0.0725. The number of carbonyl (C=O) groups is 1. The minimum atomic E-state index is -0.161. The number of rotatable bonds is 3. The van der Waals surface area contributed by atoms with Gasteiger partial charge in [-0.15, -0.1) is 0 Å². The Morgan fingerprint density at radius 1 is 1.14 bits per heavy atom. The van der Waals surface area contributed by atoms with Gasteiger partial charge in [-0.1, -0.05) is 51.1 Å². The Morgan fingerprint density at radius 3 is 2.33 bits per heavy atom. The quantitative estimate of drug-likeness (QED) is 0.896. The van der Waals surface area contributed by atoms with Gasteiger partial charge in [0.25, 0.3) is 5.91 Å².